The van der Waals surface area contributed by atoms with Crippen LogP contribution in [0.1, 0.15) is 32.8 Å². The van der Waals surface area contributed by atoms with E-state index in [0.29, 0.717) is 31.0 Å². The zero-order valence-electron chi connectivity index (χ0n) is 17.5. The van der Waals surface area contributed by atoms with Gasteiger partial charge in [0.25, 0.3) is 0 Å². The second-order valence-corrected chi connectivity index (χ2v) is 5.75. The van der Waals surface area contributed by atoms with E-state index in [-0.39, 0.29) is 5.97 Å². The molecule has 1 N–H and O–H groups in total. The zero-order valence-corrected chi connectivity index (χ0v) is 17.5. The summed E-state index contributed by atoms with van der Waals surface area (Å²) in [4.78, 5) is 22.1. The van der Waals surface area contributed by atoms with Crippen molar-refractivity contribution in [1.82, 2.24) is 0 Å². The molecular formula is C22H32O6. The Labute approximate surface area is 168 Å². The highest BCUT2D eigenvalue weighted by Crippen LogP contribution is 2.13. The van der Waals surface area contributed by atoms with Crippen LogP contribution in [0.5, 0.6) is 5.75 Å². The van der Waals surface area contributed by atoms with Crippen LogP contribution in [0.2, 0.25) is 0 Å². The molecule has 0 atom stereocenters. The van der Waals surface area contributed by atoms with Crippen LogP contribution in [-0.4, -0.2) is 44.5 Å². The van der Waals surface area contributed by atoms with Gasteiger partial charge in [0.2, 0.25) is 0 Å². The van der Waals surface area contributed by atoms with E-state index in [4.69, 9.17) is 14.6 Å². The molecule has 0 radical (unpaired) electrons. The molecule has 0 unspecified atom stereocenters. The van der Waals surface area contributed by atoms with Crippen LogP contribution in [0.25, 0.3) is 6.08 Å². The van der Waals surface area contributed by atoms with Gasteiger partial charge in [-0.05, 0) is 44.5 Å². The highest BCUT2D eigenvalue weighted by molar-refractivity contribution is 5.87. The number of allylic oxidation sites excluding steroid dienone is 1. The number of benzene rings is 1. The maximum absolute atomic E-state index is 11.1. The molecule has 0 bridgehead atoms. The molecule has 1 rings (SSSR count). The maximum Gasteiger partial charge on any atom is 0.333 e. The first kappa shape index (κ1) is 27.4. The van der Waals surface area contributed by atoms with Crippen molar-refractivity contribution in [1.29, 1.82) is 0 Å². The molecule has 0 aliphatic carbocycles. The summed E-state index contributed by atoms with van der Waals surface area (Å²) >= 11 is 0. The van der Waals surface area contributed by atoms with Crippen molar-refractivity contribution < 1.29 is 28.9 Å². The minimum Gasteiger partial charge on any atom is -0.493 e. The molecule has 0 amide bonds. The molecular weight excluding hydrogens is 360 g/mol. The first-order chi connectivity index (χ1) is 13.3. The minimum absolute atomic E-state index is 0.297. The summed E-state index contributed by atoms with van der Waals surface area (Å²) in [6.07, 6.45) is 3.61. The molecule has 6 nitrogen and oxygen atoms in total. The molecule has 0 aliphatic rings. The van der Waals surface area contributed by atoms with Crippen LogP contribution >= 0.6 is 0 Å². The molecule has 0 aliphatic heterocycles. The Morgan fingerprint density at radius 1 is 1.04 bits per heavy atom. The molecule has 1 aromatic carbocycles. The van der Waals surface area contributed by atoms with Gasteiger partial charge in [-0.3, -0.25) is 0 Å². The highest BCUT2D eigenvalue weighted by Gasteiger charge is 2.02. The van der Waals surface area contributed by atoms with Crippen molar-refractivity contribution in [3.05, 3.63) is 60.2 Å². The summed E-state index contributed by atoms with van der Waals surface area (Å²) < 4.78 is 15.0. The summed E-state index contributed by atoms with van der Waals surface area (Å²) in [5.74, 6) is -0.0761. The third-order valence-electron chi connectivity index (χ3n) is 2.63. The van der Waals surface area contributed by atoms with Crippen LogP contribution < -0.4 is 4.74 Å². The molecule has 0 spiro atoms. The number of hydrogen-bond donors (Lipinski definition) is 1. The van der Waals surface area contributed by atoms with Crippen LogP contribution in [0.15, 0.2) is 54.6 Å². The Hall–Kier alpha value is -2.86. The SMILES string of the molecule is C=C(C)C.C=C(C)C(=O)OCCCOc1ccc(/C=C/C(=O)OC)cc1.CO. The number of esters is 2. The number of carbonyl (C=O) groups excluding carboxylic acids is 2. The Balaban J connectivity index is 0. The Morgan fingerprint density at radius 2 is 1.57 bits per heavy atom. The lowest BCUT2D eigenvalue weighted by molar-refractivity contribution is -0.139. The van der Waals surface area contributed by atoms with Crippen molar-refractivity contribution in [2.75, 3.05) is 27.4 Å². The molecule has 0 aromatic heterocycles. The number of aliphatic hydroxyl groups is 1. The normalized spacial score (nSPS) is 9.21. The van der Waals surface area contributed by atoms with Crippen LogP contribution in [0, 0.1) is 0 Å². The first-order valence-electron chi connectivity index (χ1n) is 8.64. The second kappa shape index (κ2) is 17.5. The summed E-state index contributed by atoms with van der Waals surface area (Å²) in [6.45, 7) is 13.3. The molecule has 0 saturated carbocycles. The average molecular weight is 392 g/mol. The smallest absolute Gasteiger partial charge is 0.333 e. The molecule has 156 valence electrons. The van der Waals surface area contributed by atoms with Gasteiger partial charge in [-0.2, -0.15) is 0 Å². The van der Waals surface area contributed by atoms with E-state index < -0.39 is 5.97 Å². The number of aliphatic hydroxyl groups excluding tert-OH is 1. The van der Waals surface area contributed by atoms with Gasteiger partial charge in [0, 0.05) is 25.2 Å². The van der Waals surface area contributed by atoms with E-state index in [1.807, 2.05) is 26.0 Å². The van der Waals surface area contributed by atoms with Crippen molar-refractivity contribution in [3.63, 3.8) is 0 Å². The summed E-state index contributed by atoms with van der Waals surface area (Å²) in [5.41, 5.74) is 2.42. The van der Waals surface area contributed by atoms with Gasteiger partial charge < -0.3 is 19.3 Å². The summed E-state index contributed by atoms with van der Waals surface area (Å²) in [7, 11) is 2.33. The number of methoxy groups -OCH3 is 1. The number of ether oxygens (including phenoxy) is 3. The fourth-order valence-electron chi connectivity index (χ4n) is 1.44. The van der Waals surface area contributed by atoms with E-state index in [1.165, 1.54) is 18.8 Å². The fraction of sp³-hybridized carbons (Fsp3) is 0.364. The van der Waals surface area contributed by atoms with Crippen molar-refractivity contribution >= 4 is 18.0 Å². The predicted octanol–water partition coefficient (Wildman–Crippen LogP) is 3.95. The van der Waals surface area contributed by atoms with Crippen molar-refractivity contribution in [3.8, 4) is 5.75 Å². The molecule has 0 saturated heterocycles. The topological polar surface area (TPSA) is 82.1 Å². The van der Waals surface area contributed by atoms with E-state index in [9.17, 15) is 9.59 Å². The van der Waals surface area contributed by atoms with Crippen LogP contribution in [0.3, 0.4) is 0 Å². The fourth-order valence-corrected chi connectivity index (χ4v) is 1.44. The lowest BCUT2D eigenvalue weighted by Gasteiger charge is -2.07. The van der Waals surface area contributed by atoms with Gasteiger partial charge in [0.05, 0.1) is 20.3 Å². The predicted molar refractivity (Wildman–Crippen MR) is 112 cm³/mol. The van der Waals surface area contributed by atoms with E-state index in [1.54, 1.807) is 25.1 Å². The Bertz CT molecular complexity index is 625. The second-order valence-electron chi connectivity index (χ2n) is 5.75. The largest absolute Gasteiger partial charge is 0.493 e. The standard InChI is InChI=1S/C17H20O5.C4H8.CH4O/c1-13(2)17(19)22-12-4-11-21-15-8-5-14(6-9-15)7-10-16(18)20-3;1-4(2)3;1-2/h5-10H,1,4,11-12H2,2-3H3;1H2,2-3H3;2H,1H3/b10-7+;;. The monoisotopic (exact) mass is 392 g/mol. The molecule has 1 aromatic rings. The van der Waals surface area contributed by atoms with Gasteiger partial charge in [-0.1, -0.05) is 24.3 Å². The summed E-state index contributed by atoms with van der Waals surface area (Å²) in [6, 6.07) is 7.26. The first-order valence-corrected chi connectivity index (χ1v) is 8.64. The Morgan fingerprint density at radius 3 is 2.04 bits per heavy atom. The lowest BCUT2D eigenvalue weighted by Crippen LogP contribution is -2.09. The van der Waals surface area contributed by atoms with Gasteiger partial charge in [0.15, 0.2) is 0 Å². The molecule has 0 heterocycles. The third kappa shape index (κ3) is 16.6. The minimum atomic E-state index is -0.398. The maximum atomic E-state index is 11.1. The van der Waals surface area contributed by atoms with E-state index >= 15 is 0 Å². The highest BCUT2D eigenvalue weighted by atomic mass is 16.5. The summed E-state index contributed by atoms with van der Waals surface area (Å²) in [5, 5.41) is 7.00. The van der Waals surface area contributed by atoms with E-state index in [2.05, 4.69) is 17.9 Å². The van der Waals surface area contributed by atoms with Crippen molar-refractivity contribution in [2.45, 2.75) is 27.2 Å². The van der Waals surface area contributed by atoms with Gasteiger partial charge in [-0.25, -0.2) is 9.59 Å². The molecule has 6 heteroatoms. The molecule has 0 fully saturated rings. The van der Waals surface area contributed by atoms with Gasteiger partial charge >= 0.3 is 11.9 Å². The quantitative estimate of drug-likeness (QED) is 0.312. The van der Waals surface area contributed by atoms with Crippen LogP contribution in [-0.2, 0) is 19.1 Å². The lowest BCUT2D eigenvalue weighted by atomic mass is 10.2. The van der Waals surface area contributed by atoms with Gasteiger partial charge in [0.1, 0.15) is 5.75 Å². The van der Waals surface area contributed by atoms with E-state index in [0.717, 1.165) is 12.7 Å². The third-order valence-corrected chi connectivity index (χ3v) is 2.63. The van der Waals surface area contributed by atoms with Crippen LogP contribution in [0.4, 0.5) is 0 Å². The average Bonchev–Trinajstić information content (AvgIpc) is 2.67. The Kier molecular flexibility index (Phi) is 17.1. The molecule has 28 heavy (non-hydrogen) atoms. The van der Waals surface area contributed by atoms with Gasteiger partial charge in [-0.15, -0.1) is 6.58 Å². The zero-order chi connectivity index (χ0) is 21.9. The number of carbonyl (C=O) groups is 2. The number of rotatable bonds is 8. The number of hydrogen-bond acceptors (Lipinski definition) is 6. The van der Waals surface area contributed by atoms with Crippen molar-refractivity contribution in [2.24, 2.45) is 0 Å².